The summed E-state index contributed by atoms with van der Waals surface area (Å²) in [6.07, 6.45) is 0.840. The van der Waals surface area contributed by atoms with Crippen LogP contribution in [-0.4, -0.2) is 22.4 Å². The van der Waals surface area contributed by atoms with Gasteiger partial charge in [0, 0.05) is 19.0 Å². The molecule has 0 radical (unpaired) electrons. The summed E-state index contributed by atoms with van der Waals surface area (Å²) in [5.74, 6) is -0.366. The van der Waals surface area contributed by atoms with Crippen molar-refractivity contribution in [2.75, 3.05) is 11.9 Å². The predicted octanol–water partition coefficient (Wildman–Crippen LogP) is 1.41. The highest BCUT2D eigenvalue weighted by molar-refractivity contribution is 5.77. The molecule has 0 fully saturated rings. The molecule has 0 spiro atoms. The SMILES string of the molecule is NC(=O)CCCNc1nc2ccc([N+](=O)[O-])cc2o1. The van der Waals surface area contributed by atoms with Crippen LogP contribution in [0.2, 0.25) is 0 Å². The largest absolute Gasteiger partial charge is 0.423 e. The van der Waals surface area contributed by atoms with Crippen molar-refractivity contribution in [3.63, 3.8) is 0 Å². The Morgan fingerprint density at radius 1 is 1.53 bits per heavy atom. The van der Waals surface area contributed by atoms with Crippen LogP contribution in [0.5, 0.6) is 0 Å². The molecule has 19 heavy (non-hydrogen) atoms. The molecule has 8 heteroatoms. The van der Waals surface area contributed by atoms with E-state index in [1.165, 1.54) is 18.2 Å². The number of nitro groups is 1. The smallest absolute Gasteiger partial charge is 0.295 e. The van der Waals surface area contributed by atoms with E-state index in [2.05, 4.69) is 10.3 Å². The molecule has 0 saturated heterocycles. The van der Waals surface area contributed by atoms with Crippen molar-refractivity contribution in [3.8, 4) is 0 Å². The minimum absolute atomic E-state index is 0.0519. The number of rotatable bonds is 6. The molecule has 0 bridgehead atoms. The zero-order valence-electron chi connectivity index (χ0n) is 9.96. The maximum atomic E-state index is 10.6. The van der Waals surface area contributed by atoms with Gasteiger partial charge >= 0.3 is 0 Å². The van der Waals surface area contributed by atoms with E-state index in [4.69, 9.17) is 10.2 Å². The van der Waals surface area contributed by atoms with Crippen LogP contribution in [0.3, 0.4) is 0 Å². The summed E-state index contributed by atoms with van der Waals surface area (Å²) < 4.78 is 5.32. The van der Waals surface area contributed by atoms with Crippen LogP contribution in [0.1, 0.15) is 12.8 Å². The average Bonchev–Trinajstić information content (AvgIpc) is 2.75. The number of nitrogens with one attached hydrogen (secondary N) is 1. The van der Waals surface area contributed by atoms with Crippen LogP contribution >= 0.6 is 0 Å². The van der Waals surface area contributed by atoms with Crippen LogP contribution in [0.25, 0.3) is 11.1 Å². The van der Waals surface area contributed by atoms with Crippen LogP contribution in [0, 0.1) is 10.1 Å². The van der Waals surface area contributed by atoms with E-state index in [0.29, 0.717) is 24.1 Å². The number of primary amides is 1. The van der Waals surface area contributed by atoms with E-state index < -0.39 is 4.92 Å². The normalized spacial score (nSPS) is 10.5. The van der Waals surface area contributed by atoms with Gasteiger partial charge in [-0.25, -0.2) is 0 Å². The van der Waals surface area contributed by atoms with Gasteiger partial charge in [0.1, 0.15) is 5.52 Å². The molecular weight excluding hydrogens is 252 g/mol. The molecule has 0 aliphatic heterocycles. The summed E-state index contributed by atoms with van der Waals surface area (Å²) in [7, 11) is 0. The molecule has 1 aromatic heterocycles. The number of fused-ring (bicyclic) bond motifs is 1. The molecule has 0 atom stereocenters. The van der Waals surface area contributed by atoms with E-state index >= 15 is 0 Å². The highest BCUT2D eigenvalue weighted by atomic mass is 16.6. The number of hydrogen-bond donors (Lipinski definition) is 2. The van der Waals surface area contributed by atoms with Crippen LogP contribution in [-0.2, 0) is 4.79 Å². The number of nitrogens with two attached hydrogens (primary N) is 1. The summed E-state index contributed by atoms with van der Waals surface area (Å²) in [6, 6.07) is 4.46. The molecule has 8 nitrogen and oxygen atoms in total. The lowest BCUT2D eigenvalue weighted by molar-refractivity contribution is -0.384. The zero-order chi connectivity index (χ0) is 13.8. The minimum Gasteiger partial charge on any atom is -0.423 e. The Kier molecular flexibility index (Phi) is 3.60. The number of non-ortho nitro benzene ring substituents is 1. The summed E-state index contributed by atoms with van der Waals surface area (Å²) in [5.41, 5.74) is 5.83. The number of oxazole rings is 1. The van der Waals surface area contributed by atoms with E-state index in [0.717, 1.165) is 0 Å². The molecule has 3 N–H and O–H groups in total. The van der Waals surface area contributed by atoms with Gasteiger partial charge in [-0.05, 0) is 12.5 Å². The predicted molar refractivity (Wildman–Crippen MR) is 67.6 cm³/mol. The first-order valence-corrected chi connectivity index (χ1v) is 5.63. The Labute approximate surface area is 107 Å². The maximum absolute atomic E-state index is 10.6. The summed E-state index contributed by atoms with van der Waals surface area (Å²) in [5, 5.41) is 13.5. The van der Waals surface area contributed by atoms with Crippen LogP contribution in [0.4, 0.5) is 11.7 Å². The Morgan fingerprint density at radius 2 is 2.32 bits per heavy atom. The van der Waals surface area contributed by atoms with Crippen LogP contribution < -0.4 is 11.1 Å². The first kappa shape index (κ1) is 12.8. The van der Waals surface area contributed by atoms with Gasteiger partial charge in [-0.15, -0.1) is 0 Å². The lowest BCUT2D eigenvalue weighted by Crippen LogP contribution is -2.12. The second-order valence-corrected chi connectivity index (χ2v) is 3.92. The highest BCUT2D eigenvalue weighted by Crippen LogP contribution is 2.23. The second-order valence-electron chi connectivity index (χ2n) is 3.92. The Bertz CT molecular complexity index is 622. The molecule has 2 aromatic rings. The van der Waals surface area contributed by atoms with Crippen molar-refractivity contribution < 1.29 is 14.1 Å². The van der Waals surface area contributed by atoms with Crippen molar-refractivity contribution in [1.29, 1.82) is 0 Å². The molecular formula is C11H12N4O4. The zero-order valence-corrected chi connectivity index (χ0v) is 9.96. The second kappa shape index (κ2) is 5.34. The number of nitrogens with zero attached hydrogens (tertiary/aromatic N) is 2. The third-order valence-corrected chi connectivity index (χ3v) is 2.46. The summed E-state index contributed by atoms with van der Waals surface area (Å²) >= 11 is 0. The molecule has 0 aliphatic rings. The molecule has 100 valence electrons. The monoisotopic (exact) mass is 264 g/mol. The van der Waals surface area contributed by atoms with Gasteiger partial charge in [-0.1, -0.05) is 0 Å². The van der Waals surface area contributed by atoms with Gasteiger partial charge in [0.25, 0.3) is 11.7 Å². The Morgan fingerprint density at radius 3 is 3.00 bits per heavy atom. The first-order chi connectivity index (χ1) is 9.06. The number of benzene rings is 1. The van der Waals surface area contributed by atoms with Crippen molar-refractivity contribution >= 4 is 28.7 Å². The van der Waals surface area contributed by atoms with Gasteiger partial charge in [0.2, 0.25) is 5.91 Å². The summed E-state index contributed by atoms with van der Waals surface area (Å²) in [4.78, 5) is 24.8. The van der Waals surface area contributed by atoms with E-state index in [9.17, 15) is 14.9 Å². The van der Waals surface area contributed by atoms with Crippen molar-refractivity contribution in [2.45, 2.75) is 12.8 Å². The van der Waals surface area contributed by atoms with Crippen molar-refractivity contribution in [1.82, 2.24) is 4.98 Å². The van der Waals surface area contributed by atoms with Crippen molar-refractivity contribution in [2.24, 2.45) is 5.73 Å². The molecule has 2 rings (SSSR count). The first-order valence-electron chi connectivity index (χ1n) is 5.63. The van der Waals surface area contributed by atoms with Gasteiger partial charge < -0.3 is 15.5 Å². The third kappa shape index (κ3) is 3.18. The molecule has 0 aliphatic carbocycles. The topological polar surface area (TPSA) is 124 Å². The lowest BCUT2D eigenvalue weighted by Gasteiger charge is -1.98. The molecule has 1 amide bonds. The van der Waals surface area contributed by atoms with Gasteiger partial charge in [0.05, 0.1) is 11.0 Å². The van der Waals surface area contributed by atoms with Gasteiger partial charge in [-0.3, -0.25) is 14.9 Å². The minimum atomic E-state index is -0.498. The van der Waals surface area contributed by atoms with E-state index in [1.807, 2.05) is 0 Å². The van der Waals surface area contributed by atoms with E-state index in [1.54, 1.807) is 0 Å². The molecule has 1 heterocycles. The quantitative estimate of drug-likeness (QED) is 0.461. The fraction of sp³-hybridized carbons (Fsp3) is 0.273. The number of aromatic nitrogens is 1. The number of nitro benzene ring substituents is 1. The van der Waals surface area contributed by atoms with Gasteiger partial charge in [0.15, 0.2) is 5.58 Å². The lowest BCUT2D eigenvalue weighted by atomic mass is 10.3. The fourth-order valence-corrected chi connectivity index (χ4v) is 1.56. The van der Waals surface area contributed by atoms with Crippen LogP contribution in [0.15, 0.2) is 22.6 Å². The number of amides is 1. The standard InChI is InChI=1S/C11H12N4O4/c12-10(16)2-1-5-13-11-14-8-4-3-7(15(17)18)6-9(8)19-11/h3-4,6H,1-2,5H2,(H2,12,16)(H,13,14). The molecule has 0 unspecified atom stereocenters. The number of anilines is 1. The number of hydrogen-bond acceptors (Lipinski definition) is 6. The van der Waals surface area contributed by atoms with E-state index in [-0.39, 0.29) is 24.0 Å². The number of carbonyl (C=O) groups is 1. The third-order valence-electron chi connectivity index (χ3n) is 2.46. The average molecular weight is 264 g/mol. The highest BCUT2D eigenvalue weighted by Gasteiger charge is 2.11. The van der Waals surface area contributed by atoms with Crippen molar-refractivity contribution in [3.05, 3.63) is 28.3 Å². The molecule has 1 aromatic carbocycles. The Hall–Kier alpha value is -2.64. The fourth-order valence-electron chi connectivity index (χ4n) is 1.56. The maximum Gasteiger partial charge on any atom is 0.295 e. The summed E-state index contributed by atoms with van der Waals surface area (Å²) in [6.45, 7) is 0.484. The molecule has 0 saturated carbocycles. The number of carbonyl (C=O) groups excluding carboxylic acids is 1. The Balaban J connectivity index is 2.04. The van der Waals surface area contributed by atoms with Gasteiger partial charge in [-0.2, -0.15) is 4.98 Å².